The molecule has 0 aromatic heterocycles. The van der Waals surface area contributed by atoms with Gasteiger partial charge in [0.1, 0.15) is 23.0 Å². The Morgan fingerprint density at radius 1 is 0.589 bits per heavy atom. The van der Waals surface area contributed by atoms with Crippen LogP contribution in [0.3, 0.4) is 0 Å². The van der Waals surface area contributed by atoms with E-state index in [1.165, 1.54) is 0 Å². The number of hydrogen-bond acceptors (Lipinski definition) is 12. The predicted molar refractivity (Wildman–Crippen MR) is 213 cm³/mol. The fraction of sp³-hybridized carbons (Fsp3) is 0.295. The highest BCUT2D eigenvalue weighted by atomic mass is 32.2. The normalized spacial score (nSPS) is 13.7. The smallest absolute Gasteiger partial charge is 0.343 e. The molecule has 1 aliphatic carbocycles. The molecule has 0 heterocycles. The first-order valence-electron chi connectivity index (χ1n) is 18.3. The molecule has 56 heavy (non-hydrogen) atoms. The van der Waals surface area contributed by atoms with E-state index in [2.05, 4.69) is 26.3 Å². The van der Waals surface area contributed by atoms with E-state index in [9.17, 15) is 24.0 Å². The van der Waals surface area contributed by atoms with Gasteiger partial charge >= 0.3 is 23.9 Å². The molecule has 3 aromatic carbocycles. The number of ether oxygens (including phenoxy) is 6. The quantitative estimate of drug-likeness (QED) is 0.0240. The molecular formula is C44H48O11S. The summed E-state index contributed by atoms with van der Waals surface area (Å²) in [6.45, 7) is 20.0. The highest BCUT2D eigenvalue weighted by Gasteiger charge is 2.45. The molecule has 12 heteroatoms. The molecule has 296 valence electrons. The zero-order valence-corrected chi connectivity index (χ0v) is 32.6. The molecule has 0 N–H and O–H groups in total. The summed E-state index contributed by atoms with van der Waals surface area (Å²) >= 11 is 1.03. The standard InChI is InChI=1S/C42H42O11S.C2H6/c1-5-38(43)50-25-9-7-23-48-33-17-11-30(12-18-33)40(45)52-28(3)36-27-37(36)29(4)53-41(46)31-15-21-35(22-16-31)54-42(47)32-13-19-34(20-14-32)49-24-8-10-26-51-39(44)6-2;1-2/h5-6,11-22,36-37H,1-4,7-10,23-27H2;1-2H3. The zero-order chi connectivity index (χ0) is 40.9. The molecule has 2 atom stereocenters. The summed E-state index contributed by atoms with van der Waals surface area (Å²) in [4.78, 5) is 61.1. The topological polar surface area (TPSA) is 141 Å². The molecule has 0 spiro atoms. The first kappa shape index (κ1) is 44.5. The van der Waals surface area contributed by atoms with Gasteiger partial charge in [-0.2, -0.15) is 0 Å². The third kappa shape index (κ3) is 15.1. The average Bonchev–Trinajstić information content (AvgIpc) is 4.03. The Kier molecular flexibility index (Phi) is 18.9. The molecule has 0 radical (unpaired) electrons. The number of carbonyl (C=O) groups excluding carboxylic acids is 5. The van der Waals surface area contributed by atoms with E-state index in [1.807, 2.05) is 13.8 Å². The lowest BCUT2D eigenvalue weighted by atomic mass is 10.2. The minimum atomic E-state index is -0.595. The summed E-state index contributed by atoms with van der Waals surface area (Å²) in [7, 11) is 0. The van der Waals surface area contributed by atoms with Crippen LogP contribution in [-0.2, 0) is 28.5 Å². The maximum atomic E-state index is 12.8. The first-order chi connectivity index (χ1) is 27.1. The van der Waals surface area contributed by atoms with Gasteiger partial charge in [-0.1, -0.05) is 40.2 Å². The van der Waals surface area contributed by atoms with Crippen molar-refractivity contribution in [3.8, 4) is 11.5 Å². The molecule has 2 unspecified atom stereocenters. The van der Waals surface area contributed by atoms with E-state index in [-0.39, 0.29) is 40.6 Å². The maximum Gasteiger partial charge on any atom is 0.343 e. The Hall–Kier alpha value is -5.88. The predicted octanol–water partition coefficient (Wildman–Crippen LogP) is 9.10. The van der Waals surface area contributed by atoms with Crippen molar-refractivity contribution in [2.24, 2.45) is 11.8 Å². The number of esters is 4. The van der Waals surface area contributed by atoms with Gasteiger partial charge in [-0.3, -0.25) is 4.79 Å². The van der Waals surface area contributed by atoms with Crippen LogP contribution < -0.4 is 9.47 Å². The summed E-state index contributed by atoms with van der Waals surface area (Å²) in [6.07, 6.45) is 5.49. The van der Waals surface area contributed by atoms with E-state index in [0.29, 0.717) is 79.4 Å². The number of benzene rings is 3. The summed E-state index contributed by atoms with van der Waals surface area (Å²) in [5, 5.41) is -0.171. The average molecular weight is 785 g/mol. The minimum absolute atomic E-state index is 0.171. The summed E-state index contributed by atoms with van der Waals surface area (Å²) in [6, 6.07) is 19.8. The van der Waals surface area contributed by atoms with Crippen molar-refractivity contribution < 1.29 is 52.4 Å². The molecule has 0 bridgehead atoms. The second-order valence-corrected chi connectivity index (χ2v) is 13.0. The second-order valence-electron chi connectivity index (χ2n) is 12.0. The second kappa shape index (κ2) is 23.8. The Bertz CT molecular complexity index is 1830. The highest BCUT2D eigenvalue weighted by Crippen LogP contribution is 2.48. The molecule has 3 aromatic rings. The van der Waals surface area contributed by atoms with Crippen LogP contribution >= 0.6 is 11.8 Å². The van der Waals surface area contributed by atoms with Gasteiger partial charge in [0.05, 0.1) is 37.6 Å². The molecule has 11 nitrogen and oxygen atoms in total. The largest absolute Gasteiger partial charge is 0.494 e. The molecule has 1 saturated carbocycles. The van der Waals surface area contributed by atoms with Crippen molar-refractivity contribution >= 4 is 40.8 Å². The lowest BCUT2D eigenvalue weighted by molar-refractivity contribution is -0.138. The number of rotatable bonds is 22. The maximum absolute atomic E-state index is 12.8. The minimum Gasteiger partial charge on any atom is -0.494 e. The van der Waals surface area contributed by atoms with Crippen LogP contribution in [0.5, 0.6) is 11.5 Å². The van der Waals surface area contributed by atoms with Gasteiger partial charge < -0.3 is 28.4 Å². The third-order valence-electron chi connectivity index (χ3n) is 7.98. The van der Waals surface area contributed by atoms with Crippen molar-refractivity contribution in [3.05, 3.63) is 139 Å². The zero-order valence-electron chi connectivity index (χ0n) is 31.8. The van der Waals surface area contributed by atoms with E-state index < -0.39 is 23.9 Å². The van der Waals surface area contributed by atoms with Gasteiger partial charge in [-0.05, 0) is 117 Å². The fourth-order valence-corrected chi connectivity index (χ4v) is 5.61. The van der Waals surface area contributed by atoms with Gasteiger partial charge in [0, 0.05) is 34.4 Å². The van der Waals surface area contributed by atoms with E-state index >= 15 is 0 Å². The van der Waals surface area contributed by atoms with Crippen LogP contribution in [0.2, 0.25) is 0 Å². The Morgan fingerprint density at radius 2 is 0.964 bits per heavy atom. The third-order valence-corrected chi connectivity index (χ3v) is 8.91. The van der Waals surface area contributed by atoms with Crippen molar-refractivity contribution in [2.75, 3.05) is 26.4 Å². The lowest BCUT2D eigenvalue weighted by Gasteiger charge is -2.10. The molecule has 1 fully saturated rings. The molecule has 0 aliphatic heterocycles. The molecule has 1 aliphatic rings. The van der Waals surface area contributed by atoms with Gasteiger partial charge in [0.15, 0.2) is 0 Å². The van der Waals surface area contributed by atoms with Crippen LogP contribution in [0.25, 0.3) is 0 Å². The molecule has 4 rings (SSSR count). The van der Waals surface area contributed by atoms with Crippen LogP contribution in [0.4, 0.5) is 0 Å². The molecule has 0 saturated heterocycles. The van der Waals surface area contributed by atoms with Crippen LogP contribution in [0.1, 0.15) is 77.0 Å². The van der Waals surface area contributed by atoms with Crippen molar-refractivity contribution in [2.45, 2.75) is 50.8 Å². The number of unbranched alkanes of at least 4 members (excludes halogenated alkanes) is 2. The van der Waals surface area contributed by atoms with Crippen LogP contribution in [0, 0.1) is 11.8 Å². The first-order valence-corrected chi connectivity index (χ1v) is 19.1. The van der Waals surface area contributed by atoms with E-state index in [4.69, 9.17) is 28.4 Å². The van der Waals surface area contributed by atoms with E-state index in [0.717, 1.165) is 23.9 Å². The Morgan fingerprint density at radius 3 is 1.38 bits per heavy atom. The number of carbonyl (C=O) groups is 5. The van der Waals surface area contributed by atoms with Gasteiger partial charge in [0.2, 0.25) is 5.12 Å². The van der Waals surface area contributed by atoms with Gasteiger partial charge in [-0.15, -0.1) is 0 Å². The number of hydrogen-bond donors (Lipinski definition) is 0. The number of thioether (sulfide) groups is 1. The highest BCUT2D eigenvalue weighted by molar-refractivity contribution is 8.14. The SMILES string of the molecule is C=CC(=O)OCCCCOc1ccc(C(=O)OC(=C)C2CC2C(=C)OC(=O)c2ccc(SC(=O)c3ccc(OCCCCOC(=O)C=C)cc3)cc2)cc1.CC. The Labute approximate surface area is 332 Å². The number of allylic oxidation sites excluding steroid dienone is 2. The van der Waals surface area contributed by atoms with Crippen molar-refractivity contribution in [3.63, 3.8) is 0 Å². The summed E-state index contributed by atoms with van der Waals surface area (Å²) in [5.74, 6) is -0.822. The Balaban J connectivity index is 0.00000414. The molecular weight excluding hydrogens is 737 g/mol. The van der Waals surface area contributed by atoms with Crippen LogP contribution in [-0.4, -0.2) is 55.4 Å². The van der Waals surface area contributed by atoms with E-state index in [1.54, 1.807) is 72.8 Å². The monoisotopic (exact) mass is 784 g/mol. The van der Waals surface area contributed by atoms with Gasteiger partial charge in [0.25, 0.3) is 0 Å². The van der Waals surface area contributed by atoms with Gasteiger partial charge in [-0.25, -0.2) is 19.2 Å². The van der Waals surface area contributed by atoms with Crippen molar-refractivity contribution in [1.82, 2.24) is 0 Å². The van der Waals surface area contributed by atoms with Crippen LogP contribution in [0.15, 0.2) is 128 Å². The molecule has 0 amide bonds. The lowest BCUT2D eigenvalue weighted by Crippen LogP contribution is -2.09. The summed E-state index contributed by atoms with van der Waals surface area (Å²) in [5.41, 5.74) is 1.10. The van der Waals surface area contributed by atoms with Crippen molar-refractivity contribution in [1.29, 1.82) is 0 Å². The summed E-state index contributed by atoms with van der Waals surface area (Å²) < 4.78 is 32.2. The fourth-order valence-electron chi connectivity index (χ4n) is 4.87.